The van der Waals surface area contributed by atoms with Crippen LogP contribution in [0.1, 0.15) is 16.8 Å². The SMILES string of the molecule is [B]CCCOc1ccc(C=O)cc1. The maximum Gasteiger partial charge on any atom is 0.150 e. The third-order valence-electron chi connectivity index (χ3n) is 1.63. The molecular weight excluding hydrogens is 163 g/mol. The minimum absolute atomic E-state index is 0.622. The Morgan fingerprint density at radius 2 is 2.00 bits per heavy atom. The van der Waals surface area contributed by atoms with E-state index in [9.17, 15) is 4.79 Å². The minimum Gasteiger partial charge on any atom is -0.494 e. The first-order chi connectivity index (χ1) is 6.36. The highest BCUT2D eigenvalue weighted by atomic mass is 16.5. The van der Waals surface area contributed by atoms with E-state index in [0.29, 0.717) is 18.5 Å². The first-order valence-electron chi connectivity index (χ1n) is 4.25. The number of aldehydes is 1. The zero-order valence-electron chi connectivity index (χ0n) is 7.40. The average Bonchev–Trinajstić information content (AvgIpc) is 2.19. The molecule has 2 radical (unpaired) electrons. The number of carbonyl (C=O) groups excluding carboxylic acids is 1. The van der Waals surface area contributed by atoms with Gasteiger partial charge >= 0.3 is 0 Å². The van der Waals surface area contributed by atoms with Gasteiger partial charge in [0.2, 0.25) is 0 Å². The molecule has 0 aliphatic carbocycles. The molecule has 0 fully saturated rings. The molecule has 66 valence electrons. The fraction of sp³-hybridized carbons (Fsp3) is 0.300. The van der Waals surface area contributed by atoms with Crippen molar-refractivity contribution in [1.29, 1.82) is 0 Å². The van der Waals surface area contributed by atoms with Gasteiger partial charge in [0.15, 0.2) is 0 Å². The third-order valence-corrected chi connectivity index (χ3v) is 1.63. The van der Waals surface area contributed by atoms with Crippen LogP contribution in [0.15, 0.2) is 24.3 Å². The van der Waals surface area contributed by atoms with Crippen molar-refractivity contribution in [3.63, 3.8) is 0 Å². The van der Waals surface area contributed by atoms with Gasteiger partial charge in [0.1, 0.15) is 12.0 Å². The highest BCUT2D eigenvalue weighted by molar-refractivity contribution is 6.08. The van der Waals surface area contributed by atoms with Gasteiger partial charge < -0.3 is 4.74 Å². The summed E-state index contributed by atoms with van der Waals surface area (Å²) in [6, 6.07) is 7.01. The van der Waals surface area contributed by atoms with Gasteiger partial charge in [-0.25, -0.2) is 0 Å². The van der Waals surface area contributed by atoms with E-state index in [-0.39, 0.29) is 0 Å². The topological polar surface area (TPSA) is 26.3 Å². The van der Waals surface area contributed by atoms with Crippen LogP contribution < -0.4 is 4.74 Å². The number of benzene rings is 1. The molecule has 0 N–H and O–H groups in total. The van der Waals surface area contributed by atoms with E-state index < -0.39 is 0 Å². The van der Waals surface area contributed by atoms with Crippen molar-refractivity contribution < 1.29 is 9.53 Å². The lowest BCUT2D eigenvalue weighted by Crippen LogP contribution is -1.96. The summed E-state index contributed by atoms with van der Waals surface area (Å²) in [5, 5.41) is 0. The Bertz CT molecular complexity index is 256. The van der Waals surface area contributed by atoms with Gasteiger partial charge in [-0.2, -0.15) is 0 Å². The number of rotatable bonds is 5. The molecule has 0 amide bonds. The van der Waals surface area contributed by atoms with E-state index in [1.54, 1.807) is 24.3 Å². The van der Waals surface area contributed by atoms with E-state index in [2.05, 4.69) is 0 Å². The highest BCUT2D eigenvalue weighted by Crippen LogP contribution is 2.11. The molecule has 1 rings (SSSR count). The Hall–Kier alpha value is -1.25. The predicted molar refractivity (Wildman–Crippen MR) is 52.5 cm³/mol. The Labute approximate surface area is 79.3 Å². The maximum atomic E-state index is 10.3. The quantitative estimate of drug-likeness (QED) is 0.386. The lowest BCUT2D eigenvalue weighted by Gasteiger charge is -2.04. The van der Waals surface area contributed by atoms with Gasteiger partial charge in [-0.1, -0.05) is 6.32 Å². The van der Waals surface area contributed by atoms with Crippen LogP contribution in [0, 0.1) is 0 Å². The van der Waals surface area contributed by atoms with Gasteiger partial charge in [-0.05, 0) is 30.7 Å². The zero-order chi connectivity index (χ0) is 9.52. The Morgan fingerprint density at radius 1 is 1.31 bits per heavy atom. The van der Waals surface area contributed by atoms with Crippen molar-refractivity contribution in [2.24, 2.45) is 0 Å². The van der Waals surface area contributed by atoms with Crippen LogP contribution in [0.2, 0.25) is 6.32 Å². The molecule has 0 bridgehead atoms. The van der Waals surface area contributed by atoms with Gasteiger partial charge in [0.25, 0.3) is 0 Å². The van der Waals surface area contributed by atoms with Gasteiger partial charge in [0.05, 0.1) is 14.5 Å². The molecule has 0 aliphatic heterocycles. The fourth-order valence-electron chi connectivity index (χ4n) is 0.916. The molecule has 13 heavy (non-hydrogen) atoms. The zero-order valence-corrected chi connectivity index (χ0v) is 7.40. The summed E-state index contributed by atoms with van der Waals surface area (Å²) in [4.78, 5) is 10.3. The first kappa shape index (κ1) is 9.84. The monoisotopic (exact) mass is 174 g/mol. The number of ether oxygens (including phenoxy) is 1. The van der Waals surface area contributed by atoms with Crippen molar-refractivity contribution in [2.45, 2.75) is 12.7 Å². The van der Waals surface area contributed by atoms with Crippen LogP contribution in [0.3, 0.4) is 0 Å². The summed E-state index contributed by atoms with van der Waals surface area (Å²) in [5.74, 6) is 0.777. The van der Waals surface area contributed by atoms with Crippen molar-refractivity contribution in [3.05, 3.63) is 29.8 Å². The number of hydrogen-bond acceptors (Lipinski definition) is 2. The summed E-state index contributed by atoms with van der Waals surface area (Å²) in [5.41, 5.74) is 0.658. The molecule has 0 saturated carbocycles. The second-order valence-corrected chi connectivity index (χ2v) is 2.68. The van der Waals surface area contributed by atoms with E-state index in [4.69, 9.17) is 12.6 Å². The smallest absolute Gasteiger partial charge is 0.150 e. The summed E-state index contributed by atoms with van der Waals surface area (Å²) >= 11 is 0. The molecule has 0 saturated heterocycles. The number of hydrogen-bond donors (Lipinski definition) is 0. The summed E-state index contributed by atoms with van der Waals surface area (Å²) in [6.45, 7) is 0.622. The van der Waals surface area contributed by atoms with E-state index >= 15 is 0 Å². The maximum absolute atomic E-state index is 10.3. The predicted octanol–water partition coefficient (Wildman–Crippen LogP) is 1.85. The highest BCUT2D eigenvalue weighted by Gasteiger charge is 1.93. The largest absolute Gasteiger partial charge is 0.494 e. The minimum atomic E-state index is 0.622. The van der Waals surface area contributed by atoms with Crippen molar-refractivity contribution in [3.8, 4) is 5.75 Å². The first-order valence-corrected chi connectivity index (χ1v) is 4.25. The van der Waals surface area contributed by atoms with Crippen LogP contribution in [-0.4, -0.2) is 20.7 Å². The van der Waals surface area contributed by atoms with E-state index in [0.717, 1.165) is 18.5 Å². The molecule has 1 aromatic rings. The van der Waals surface area contributed by atoms with Crippen LogP contribution in [0.5, 0.6) is 5.75 Å². The van der Waals surface area contributed by atoms with Gasteiger partial charge in [-0.3, -0.25) is 4.79 Å². The molecule has 0 atom stereocenters. The molecule has 0 aliphatic rings. The van der Waals surface area contributed by atoms with Crippen LogP contribution in [0.4, 0.5) is 0 Å². The third kappa shape index (κ3) is 3.32. The summed E-state index contributed by atoms with van der Waals surface area (Å²) < 4.78 is 5.35. The standard InChI is InChI=1S/C10H11BO2/c11-6-1-7-13-10-4-2-9(8-12)3-5-10/h2-5,8H,1,6-7H2. The van der Waals surface area contributed by atoms with Crippen molar-refractivity contribution in [1.82, 2.24) is 0 Å². The Balaban J connectivity index is 2.44. The van der Waals surface area contributed by atoms with Crippen LogP contribution in [0.25, 0.3) is 0 Å². The number of carbonyl (C=O) groups is 1. The van der Waals surface area contributed by atoms with E-state index in [1.165, 1.54) is 0 Å². The second kappa shape index (κ2) is 5.41. The molecule has 0 unspecified atom stereocenters. The fourth-order valence-corrected chi connectivity index (χ4v) is 0.916. The Kier molecular flexibility index (Phi) is 4.09. The molecule has 0 spiro atoms. The van der Waals surface area contributed by atoms with Gasteiger partial charge in [-0.15, -0.1) is 0 Å². The van der Waals surface area contributed by atoms with Crippen molar-refractivity contribution >= 4 is 14.1 Å². The average molecular weight is 174 g/mol. The summed E-state index contributed by atoms with van der Waals surface area (Å²) in [7, 11) is 5.31. The van der Waals surface area contributed by atoms with Crippen molar-refractivity contribution in [2.75, 3.05) is 6.61 Å². The van der Waals surface area contributed by atoms with Gasteiger partial charge in [0, 0.05) is 5.56 Å². The normalized spacial score (nSPS) is 9.54. The molecular formula is C10H11BO2. The molecule has 3 heteroatoms. The Morgan fingerprint density at radius 3 is 2.54 bits per heavy atom. The molecule has 0 heterocycles. The van der Waals surface area contributed by atoms with Crippen LogP contribution in [-0.2, 0) is 0 Å². The molecule has 2 nitrogen and oxygen atoms in total. The second-order valence-electron chi connectivity index (χ2n) is 2.68. The lowest BCUT2D eigenvalue weighted by molar-refractivity contribution is 0.112. The van der Waals surface area contributed by atoms with Crippen LogP contribution >= 0.6 is 0 Å². The lowest BCUT2D eigenvalue weighted by atomic mass is 10.0. The van der Waals surface area contributed by atoms with E-state index in [1.807, 2.05) is 0 Å². The summed E-state index contributed by atoms with van der Waals surface area (Å²) in [6.07, 6.45) is 2.28. The molecule has 1 aromatic carbocycles. The molecule has 0 aromatic heterocycles.